The largest absolute Gasteiger partial charge is 0.455 e. The predicted molar refractivity (Wildman–Crippen MR) is 263 cm³/mol. The van der Waals surface area contributed by atoms with Gasteiger partial charge in [-0.2, -0.15) is 0 Å². The molecule has 0 unspecified atom stereocenters. The maximum Gasteiger partial charge on any atom is 0.143 e. The monoisotopic (exact) mass is 789 g/mol. The van der Waals surface area contributed by atoms with Gasteiger partial charge in [0.25, 0.3) is 0 Å². The van der Waals surface area contributed by atoms with E-state index in [1.807, 2.05) is 12.1 Å². The number of anilines is 3. The van der Waals surface area contributed by atoms with Gasteiger partial charge in [0.15, 0.2) is 0 Å². The van der Waals surface area contributed by atoms with Crippen LogP contribution >= 0.6 is 0 Å². The molecule has 12 rings (SSSR count). The van der Waals surface area contributed by atoms with Crippen molar-refractivity contribution in [3.8, 4) is 44.5 Å². The van der Waals surface area contributed by atoms with Crippen LogP contribution in [0.5, 0.6) is 0 Å². The van der Waals surface area contributed by atoms with Crippen molar-refractivity contribution < 1.29 is 4.42 Å². The Balaban J connectivity index is 1.10. The Morgan fingerprint density at radius 1 is 0.290 bits per heavy atom. The number of para-hydroxylation sites is 2. The van der Waals surface area contributed by atoms with Crippen LogP contribution in [0.3, 0.4) is 0 Å². The lowest BCUT2D eigenvalue weighted by Gasteiger charge is -2.31. The summed E-state index contributed by atoms with van der Waals surface area (Å²) in [6, 6.07) is 85.6. The molecule has 12 aromatic rings. The second kappa shape index (κ2) is 14.8. The molecule has 0 amide bonds. The second-order valence-electron chi connectivity index (χ2n) is 16.0. The van der Waals surface area contributed by atoms with Crippen LogP contribution in [0.25, 0.3) is 98.8 Å². The molecule has 1 heterocycles. The third kappa shape index (κ3) is 5.96. The highest BCUT2D eigenvalue weighted by Gasteiger charge is 2.24. The Labute approximate surface area is 360 Å². The van der Waals surface area contributed by atoms with Gasteiger partial charge in [-0.3, -0.25) is 0 Å². The highest BCUT2D eigenvalue weighted by molar-refractivity contribution is 6.23. The van der Waals surface area contributed by atoms with E-state index in [0.29, 0.717) is 0 Å². The van der Waals surface area contributed by atoms with Crippen molar-refractivity contribution in [2.45, 2.75) is 0 Å². The van der Waals surface area contributed by atoms with E-state index in [4.69, 9.17) is 4.42 Å². The molecule has 62 heavy (non-hydrogen) atoms. The van der Waals surface area contributed by atoms with Crippen molar-refractivity contribution in [3.63, 3.8) is 0 Å². The summed E-state index contributed by atoms with van der Waals surface area (Å²) in [5.41, 5.74) is 14.4. The fraction of sp³-hybridized carbons (Fsp3) is 0. The van der Waals surface area contributed by atoms with E-state index < -0.39 is 0 Å². The van der Waals surface area contributed by atoms with Crippen LogP contribution in [0.15, 0.2) is 241 Å². The van der Waals surface area contributed by atoms with E-state index >= 15 is 0 Å². The highest BCUT2D eigenvalue weighted by atomic mass is 16.3. The van der Waals surface area contributed by atoms with Crippen molar-refractivity contribution in [2.24, 2.45) is 0 Å². The molecular formula is C60H39NO. The molecule has 0 spiro atoms. The third-order valence-electron chi connectivity index (χ3n) is 12.5. The SMILES string of the molecule is c1ccc(-c2ccccc2-c2ccc(N(c3ccc(-c4cccc5c4oc4ccccc45)cc3)c3c(-c4ccc5ccccc5c4)c4ccccc4c4ccccc34)cc2)cc1. The molecule has 0 radical (unpaired) electrons. The zero-order chi connectivity index (χ0) is 41.0. The normalized spacial score (nSPS) is 11.5. The van der Waals surface area contributed by atoms with E-state index in [2.05, 4.69) is 229 Å². The first-order valence-corrected chi connectivity index (χ1v) is 21.3. The highest BCUT2D eigenvalue weighted by Crippen LogP contribution is 2.50. The van der Waals surface area contributed by atoms with Gasteiger partial charge in [0, 0.05) is 38.7 Å². The molecule has 0 saturated heterocycles. The molecule has 11 aromatic carbocycles. The minimum atomic E-state index is 0.900. The molecule has 0 aliphatic heterocycles. The van der Waals surface area contributed by atoms with Gasteiger partial charge in [-0.05, 0) is 96.7 Å². The number of fused-ring (bicyclic) bond motifs is 7. The van der Waals surface area contributed by atoms with Crippen molar-refractivity contribution in [2.75, 3.05) is 4.90 Å². The summed E-state index contributed by atoms with van der Waals surface area (Å²) in [7, 11) is 0. The fourth-order valence-electron chi connectivity index (χ4n) is 9.56. The smallest absolute Gasteiger partial charge is 0.143 e. The number of benzene rings is 11. The molecule has 0 saturated carbocycles. The van der Waals surface area contributed by atoms with Crippen molar-refractivity contribution in [1.82, 2.24) is 0 Å². The molecular weight excluding hydrogens is 751 g/mol. The first kappa shape index (κ1) is 35.7. The summed E-state index contributed by atoms with van der Waals surface area (Å²) in [6.45, 7) is 0. The fourth-order valence-corrected chi connectivity index (χ4v) is 9.56. The summed E-state index contributed by atoms with van der Waals surface area (Å²) in [5.74, 6) is 0. The lowest BCUT2D eigenvalue weighted by Crippen LogP contribution is -2.12. The summed E-state index contributed by atoms with van der Waals surface area (Å²) >= 11 is 0. The van der Waals surface area contributed by atoms with Gasteiger partial charge in [-0.1, -0.05) is 200 Å². The minimum absolute atomic E-state index is 0.900. The molecule has 1 aromatic heterocycles. The van der Waals surface area contributed by atoms with E-state index in [1.165, 1.54) is 65.7 Å². The van der Waals surface area contributed by atoms with Crippen molar-refractivity contribution in [1.29, 1.82) is 0 Å². The first-order valence-electron chi connectivity index (χ1n) is 21.3. The minimum Gasteiger partial charge on any atom is -0.455 e. The average Bonchev–Trinajstić information content (AvgIpc) is 3.74. The molecule has 0 bridgehead atoms. The van der Waals surface area contributed by atoms with Gasteiger partial charge in [0.2, 0.25) is 0 Å². The summed E-state index contributed by atoms with van der Waals surface area (Å²) in [6.07, 6.45) is 0. The zero-order valence-electron chi connectivity index (χ0n) is 33.9. The van der Waals surface area contributed by atoms with Crippen LogP contribution in [0.2, 0.25) is 0 Å². The van der Waals surface area contributed by atoms with Crippen molar-refractivity contribution >= 4 is 71.3 Å². The topological polar surface area (TPSA) is 16.4 Å². The maximum absolute atomic E-state index is 6.51. The third-order valence-corrected chi connectivity index (χ3v) is 12.5. The Hall–Kier alpha value is -8.20. The van der Waals surface area contributed by atoms with Gasteiger partial charge in [-0.15, -0.1) is 0 Å². The number of rotatable bonds is 7. The number of hydrogen-bond donors (Lipinski definition) is 0. The van der Waals surface area contributed by atoms with Crippen LogP contribution < -0.4 is 4.90 Å². The average molecular weight is 790 g/mol. The summed E-state index contributed by atoms with van der Waals surface area (Å²) in [4.78, 5) is 2.47. The maximum atomic E-state index is 6.51. The molecule has 0 aliphatic carbocycles. The zero-order valence-corrected chi connectivity index (χ0v) is 33.9. The van der Waals surface area contributed by atoms with Crippen LogP contribution in [-0.4, -0.2) is 0 Å². The van der Waals surface area contributed by atoms with Gasteiger partial charge in [0.1, 0.15) is 11.2 Å². The van der Waals surface area contributed by atoms with Crippen molar-refractivity contribution in [3.05, 3.63) is 237 Å². The Kier molecular flexibility index (Phi) is 8.53. The van der Waals surface area contributed by atoms with Crippen LogP contribution in [-0.2, 0) is 0 Å². The standard InChI is InChI=1S/C60H39NO/c1-2-16-41(17-3-1)48-19-6-7-20-49(48)42-31-35-46(36-32-42)61(47-37-33-43(34-38-47)50-26-14-27-56-53-23-12-13-28-57(53)62-60(50)56)59-55-25-11-9-22-52(55)51-21-8-10-24-54(51)58(59)45-30-29-40-15-4-5-18-44(40)39-45/h1-39H. The Morgan fingerprint density at radius 2 is 0.774 bits per heavy atom. The molecule has 0 fully saturated rings. The first-order chi connectivity index (χ1) is 30.8. The van der Waals surface area contributed by atoms with E-state index in [0.717, 1.165) is 50.1 Å². The quantitative estimate of drug-likeness (QED) is 0.150. The molecule has 290 valence electrons. The summed E-state index contributed by atoms with van der Waals surface area (Å²) in [5, 5.41) is 9.54. The molecule has 0 atom stereocenters. The number of furan rings is 1. The van der Waals surface area contributed by atoms with Crippen LogP contribution in [0.1, 0.15) is 0 Å². The molecule has 0 N–H and O–H groups in total. The Bertz CT molecular complexity index is 3620. The lowest BCUT2D eigenvalue weighted by atomic mass is 9.89. The molecule has 2 nitrogen and oxygen atoms in total. The number of nitrogens with zero attached hydrogens (tertiary/aromatic N) is 1. The molecule has 2 heteroatoms. The van der Waals surface area contributed by atoms with E-state index in [-0.39, 0.29) is 0 Å². The summed E-state index contributed by atoms with van der Waals surface area (Å²) < 4.78 is 6.51. The Morgan fingerprint density at radius 3 is 1.48 bits per heavy atom. The lowest BCUT2D eigenvalue weighted by molar-refractivity contribution is 0.670. The van der Waals surface area contributed by atoms with Gasteiger partial charge >= 0.3 is 0 Å². The molecule has 0 aliphatic rings. The predicted octanol–water partition coefficient (Wildman–Crippen LogP) is 17.2. The number of hydrogen-bond acceptors (Lipinski definition) is 2. The van der Waals surface area contributed by atoms with E-state index in [9.17, 15) is 0 Å². The van der Waals surface area contributed by atoms with Gasteiger partial charge in [-0.25, -0.2) is 0 Å². The van der Waals surface area contributed by atoms with E-state index in [1.54, 1.807) is 0 Å². The second-order valence-corrected chi connectivity index (χ2v) is 16.0. The van der Waals surface area contributed by atoms with Gasteiger partial charge in [0.05, 0.1) is 5.69 Å². The van der Waals surface area contributed by atoms with Crippen LogP contribution in [0, 0.1) is 0 Å². The van der Waals surface area contributed by atoms with Gasteiger partial charge < -0.3 is 9.32 Å². The van der Waals surface area contributed by atoms with Crippen LogP contribution in [0.4, 0.5) is 17.1 Å².